The quantitative estimate of drug-likeness (QED) is 0.674. The average molecular weight is 392 g/mol. The Morgan fingerprint density at radius 3 is 2.52 bits per heavy atom. The molecule has 0 aliphatic heterocycles. The summed E-state index contributed by atoms with van der Waals surface area (Å²) < 4.78 is 44.3. The summed E-state index contributed by atoms with van der Waals surface area (Å²) in [7, 11) is -0.992. The van der Waals surface area contributed by atoms with E-state index >= 15 is 0 Å². The van der Waals surface area contributed by atoms with Gasteiger partial charge in [-0.2, -0.15) is 0 Å². The molecular weight excluding hydrogens is 371 g/mol. The molecule has 2 rings (SSSR count). The van der Waals surface area contributed by atoms with Crippen molar-refractivity contribution in [2.75, 3.05) is 20.7 Å². The van der Waals surface area contributed by atoms with Crippen LogP contribution in [0.25, 0.3) is 6.08 Å². The van der Waals surface area contributed by atoms with Crippen LogP contribution in [0.3, 0.4) is 0 Å². The minimum Gasteiger partial charge on any atom is -0.495 e. The first-order chi connectivity index (χ1) is 12.9. The maximum absolute atomic E-state index is 12.8. The van der Waals surface area contributed by atoms with Crippen molar-refractivity contribution in [3.63, 3.8) is 0 Å². The maximum atomic E-state index is 12.8. The summed E-state index contributed by atoms with van der Waals surface area (Å²) in [6.45, 7) is 0.400. The molecular formula is C19H21FN2O4S. The number of carbonyl (C=O) groups excluding carboxylic acids is 1. The number of methoxy groups -OCH3 is 1. The van der Waals surface area contributed by atoms with Crippen LogP contribution in [-0.4, -0.2) is 35.0 Å². The van der Waals surface area contributed by atoms with Crippen LogP contribution in [0.15, 0.2) is 53.4 Å². The Labute approximate surface area is 158 Å². The summed E-state index contributed by atoms with van der Waals surface area (Å²) in [4.78, 5) is 11.9. The van der Waals surface area contributed by atoms with Gasteiger partial charge in [-0.1, -0.05) is 18.2 Å². The van der Waals surface area contributed by atoms with Crippen LogP contribution >= 0.6 is 0 Å². The number of rotatable bonds is 8. The predicted molar refractivity (Wildman–Crippen MR) is 101 cm³/mol. The molecule has 2 aromatic carbocycles. The lowest BCUT2D eigenvalue weighted by molar-refractivity contribution is -0.116. The fourth-order valence-corrected chi connectivity index (χ4v) is 3.26. The van der Waals surface area contributed by atoms with Crippen LogP contribution in [0.4, 0.5) is 4.39 Å². The van der Waals surface area contributed by atoms with Gasteiger partial charge in [0.05, 0.1) is 7.11 Å². The Bertz CT molecular complexity index is 925. The van der Waals surface area contributed by atoms with Gasteiger partial charge in [0.1, 0.15) is 16.5 Å². The van der Waals surface area contributed by atoms with E-state index in [9.17, 15) is 17.6 Å². The lowest BCUT2D eigenvalue weighted by Crippen LogP contribution is -2.23. The molecule has 0 aliphatic carbocycles. The second kappa shape index (κ2) is 9.29. The molecule has 144 valence electrons. The third-order valence-electron chi connectivity index (χ3n) is 3.80. The van der Waals surface area contributed by atoms with Gasteiger partial charge in [0.15, 0.2) is 0 Å². The zero-order chi connectivity index (χ0) is 19.9. The lowest BCUT2D eigenvalue weighted by atomic mass is 10.1. The highest BCUT2D eigenvalue weighted by atomic mass is 32.2. The summed E-state index contributed by atoms with van der Waals surface area (Å²) >= 11 is 0. The van der Waals surface area contributed by atoms with Gasteiger partial charge in [0.25, 0.3) is 0 Å². The van der Waals surface area contributed by atoms with Crippen LogP contribution < -0.4 is 14.8 Å². The Morgan fingerprint density at radius 2 is 1.89 bits per heavy atom. The van der Waals surface area contributed by atoms with Crippen LogP contribution in [0, 0.1) is 5.82 Å². The van der Waals surface area contributed by atoms with E-state index in [1.54, 1.807) is 18.2 Å². The third-order valence-corrected chi connectivity index (χ3v) is 5.23. The van der Waals surface area contributed by atoms with Crippen LogP contribution in [-0.2, 0) is 21.2 Å². The summed E-state index contributed by atoms with van der Waals surface area (Å²) in [5.41, 5.74) is 1.45. The van der Waals surface area contributed by atoms with Crippen molar-refractivity contribution in [1.29, 1.82) is 0 Å². The number of sulfonamides is 1. The fourth-order valence-electron chi connectivity index (χ4n) is 2.33. The standard InChI is InChI=1S/C19H21FN2O4S/c1-21-27(24,25)18-13-15(5-9-17(18)26-2)6-10-19(23)22-12-11-14-3-7-16(20)8-4-14/h3-10,13,21H,11-12H2,1-2H3,(H,22,23)/b10-6+. The number of halogens is 1. The molecule has 8 heteroatoms. The highest BCUT2D eigenvalue weighted by molar-refractivity contribution is 7.89. The number of benzene rings is 2. The first-order valence-corrected chi connectivity index (χ1v) is 9.66. The van der Waals surface area contributed by atoms with Crippen LogP contribution in [0.1, 0.15) is 11.1 Å². The minimum absolute atomic E-state index is 0.00799. The van der Waals surface area contributed by atoms with E-state index in [2.05, 4.69) is 10.0 Å². The molecule has 0 spiro atoms. The molecule has 0 radical (unpaired) electrons. The van der Waals surface area contributed by atoms with E-state index in [0.717, 1.165) is 5.56 Å². The molecule has 0 aliphatic rings. The van der Waals surface area contributed by atoms with E-state index in [1.165, 1.54) is 50.6 Å². The first kappa shape index (κ1) is 20.6. The summed E-state index contributed by atoms with van der Waals surface area (Å²) in [5.74, 6) is -0.402. The Kier molecular flexibility index (Phi) is 7.09. The second-order valence-corrected chi connectivity index (χ2v) is 7.47. The van der Waals surface area contributed by atoms with Crippen molar-refractivity contribution in [2.24, 2.45) is 0 Å². The molecule has 0 atom stereocenters. The van der Waals surface area contributed by atoms with Crippen molar-refractivity contribution < 1.29 is 22.3 Å². The summed E-state index contributed by atoms with van der Waals surface area (Å²) in [6.07, 6.45) is 3.41. The van der Waals surface area contributed by atoms with E-state index in [4.69, 9.17) is 4.74 Å². The molecule has 2 N–H and O–H groups in total. The van der Waals surface area contributed by atoms with Gasteiger partial charge in [-0.05, 0) is 54.9 Å². The monoisotopic (exact) mass is 392 g/mol. The largest absolute Gasteiger partial charge is 0.495 e. The zero-order valence-electron chi connectivity index (χ0n) is 15.0. The number of carbonyl (C=O) groups is 1. The molecule has 27 heavy (non-hydrogen) atoms. The van der Waals surface area contributed by atoms with Crippen LogP contribution in [0.2, 0.25) is 0 Å². The van der Waals surface area contributed by atoms with Gasteiger partial charge in [-0.25, -0.2) is 17.5 Å². The van der Waals surface area contributed by atoms with Gasteiger partial charge in [-0.3, -0.25) is 4.79 Å². The molecule has 0 fully saturated rings. The van der Waals surface area contributed by atoms with Crippen LogP contribution in [0.5, 0.6) is 5.75 Å². The highest BCUT2D eigenvalue weighted by Gasteiger charge is 2.17. The Morgan fingerprint density at radius 1 is 1.19 bits per heavy atom. The Balaban J connectivity index is 1.99. The zero-order valence-corrected chi connectivity index (χ0v) is 15.8. The number of hydrogen-bond donors (Lipinski definition) is 2. The molecule has 2 aromatic rings. The number of ether oxygens (including phenoxy) is 1. The lowest BCUT2D eigenvalue weighted by Gasteiger charge is -2.09. The average Bonchev–Trinajstić information content (AvgIpc) is 2.67. The molecule has 0 unspecified atom stereocenters. The smallest absolute Gasteiger partial charge is 0.244 e. The molecule has 0 heterocycles. The number of hydrogen-bond acceptors (Lipinski definition) is 4. The molecule has 1 amide bonds. The topological polar surface area (TPSA) is 84.5 Å². The van der Waals surface area contributed by atoms with E-state index in [1.807, 2.05) is 0 Å². The van der Waals surface area contributed by atoms with Gasteiger partial charge in [0.2, 0.25) is 15.9 Å². The minimum atomic E-state index is -3.69. The molecule has 0 saturated heterocycles. The summed E-state index contributed by atoms with van der Waals surface area (Å²) in [5, 5.41) is 2.72. The van der Waals surface area contributed by atoms with Crippen molar-refractivity contribution >= 4 is 22.0 Å². The van der Waals surface area contributed by atoms with E-state index in [-0.39, 0.29) is 22.4 Å². The number of amides is 1. The molecule has 6 nitrogen and oxygen atoms in total. The SMILES string of the molecule is CNS(=O)(=O)c1cc(/C=C/C(=O)NCCc2ccc(F)cc2)ccc1OC. The van der Waals surface area contributed by atoms with Gasteiger partial charge in [0, 0.05) is 12.6 Å². The predicted octanol–water partition coefficient (Wildman–Crippen LogP) is 2.11. The normalized spacial score (nSPS) is 11.5. The second-order valence-electron chi connectivity index (χ2n) is 5.62. The summed E-state index contributed by atoms with van der Waals surface area (Å²) in [6, 6.07) is 10.7. The van der Waals surface area contributed by atoms with Crippen molar-refractivity contribution in [3.05, 3.63) is 65.5 Å². The van der Waals surface area contributed by atoms with E-state index in [0.29, 0.717) is 18.5 Å². The van der Waals surface area contributed by atoms with Gasteiger partial charge in [-0.15, -0.1) is 0 Å². The van der Waals surface area contributed by atoms with Crippen molar-refractivity contribution in [1.82, 2.24) is 10.0 Å². The third kappa shape index (κ3) is 5.90. The van der Waals surface area contributed by atoms with Gasteiger partial charge >= 0.3 is 0 Å². The number of nitrogens with one attached hydrogen (secondary N) is 2. The van der Waals surface area contributed by atoms with Gasteiger partial charge < -0.3 is 10.1 Å². The van der Waals surface area contributed by atoms with Crippen molar-refractivity contribution in [3.8, 4) is 5.75 Å². The van der Waals surface area contributed by atoms with Crippen molar-refractivity contribution in [2.45, 2.75) is 11.3 Å². The highest BCUT2D eigenvalue weighted by Crippen LogP contribution is 2.25. The maximum Gasteiger partial charge on any atom is 0.244 e. The molecule has 0 aromatic heterocycles. The Hall–Kier alpha value is -2.71. The van der Waals surface area contributed by atoms with E-state index < -0.39 is 10.0 Å². The first-order valence-electron chi connectivity index (χ1n) is 8.17. The molecule has 0 saturated carbocycles. The molecule has 0 bridgehead atoms. The fraction of sp³-hybridized carbons (Fsp3) is 0.211.